The van der Waals surface area contributed by atoms with Crippen LogP contribution in [-0.4, -0.2) is 32.5 Å². The molecule has 0 saturated carbocycles. The number of amides is 3. The van der Waals surface area contributed by atoms with E-state index in [1.807, 2.05) is 0 Å². The number of nitrogen functional groups attached to an aromatic ring is 1. The zero-order valence-corrected chi connectivity index (χ0v) is 28.2. The smallest absolute Gasteiger partial charge is 0.255 e. The molecule has 1 heterocycles. The lowest BCUT2D eigenvalue weighted by atomic mass is 10.1. The van der Waals surface area contributed by atoms with Crippen molar-refractivity contribution in [2.75, 3.05) is 21.7 Å². The zero-order chi connectivity index (χ0) is 34.9. The predicted molar refractivity (Wildman–Crippen MR) is 195 cm³/mol. The number of carbonyl (C=O) groups excluding carboxylic acids is 3. The van der Waals surface area contributed by atoms with E-state index in [4.69, 9.17) is 52.1 Å². The van der Waals surface area contributed by atoms with Crippen molar-refractivity contribution < 1.29 is 14.4 Å². The van der Waals surface area contributed by atoms with Crippen molar-refractivity contribution in [3.05, 3.63) is 159 Å². The quantitative estimate of drug-likeness (QED) is 0.121. The number of nitrogens with one attached hydrogen (secondary N) is 3. The van der Waals surface area contributed by atoms with Crippen molar-refractivity contribution in [2.45, 2.75) is 0 Å². The number of halogens is 4. The number of nitrogens with zero attached hydrogens (tertiary/aromatic N) is 3. The molecular weight excluding hydrogens is 708 g/mol. The van der Waals surface area contributed by atoms with E-state index in [-0.39, 0.29) is 17.7 Å². The molecule has 5 N–H and O–H groups in total. The third-order valence-electron chi connectivity index (χ3n) is 6.70. The molecule has 0 unspecified atom stereocenters. The Morgan fingerprint density at radius 3 is 1.69 bits per heavy atom. The molecule has 0 aliphatic rings. The molecule has 0 radical (unpaired) electrons. The summed E-state index contributed by atoms with van der Waals surface area (Å²) in [6, 6.07) is 29.9. The first-order chi connectivity index (χ1) is 23.5. The highest BCUT2D eigenvalue weighted by molar-refractivity contribution is 6.35. The van der Waals surface area contributed by atoms with Gasteiger partial charge in [-0.05, 0) is 97.1 Å². The molecule has 0 saturated heterocycles. The van der Waals surface area contributed by atoms with Crippen LogP contribution in [0.25, 0.3) is 5.69 Å². The lowest BCUT2D eigenvalue weighted by molar-refractivity contribution is 0.101. The van der Waals surface area contributed by atoms with Crippen LogP contribution < -0.4 is 21.7 Å². The molecule has 0 aliphatic carbocycles. The summed E-state index contributed by atoms with van der Waals surface area (Å²) in [5.41, 5.74) is 9.58. The second-order valence-electron chi connectivity index (χ2n) is 10.2. The molecule has 14 heteroatoms. The van der Waals surface area contributed by atoms with Crippen LogP contribution in [0.5, 0.6) is 0 Å². The van der Waals surface area contributed by atoms with Gasteiger partial charge in [-0.2, -0.15) is 5.10 Å². The van der Waals surface area contributed by atoms with Gasteiger partial charge in [0.05, 0.1) is 27.1 Å². The summed E-state index contributed by atoms with van der Waals surface area (Å²) in [6.45, 7) is 0. The van der Waals surface area contributed by atoms with E-state index in [9.17, 15) is 14.4 Å². The Kier molecular flexibility index (Phi) is 11.5. The van der Waals surface area contributed by atoms with Crippen molar-refractivity contribution in [1.82, 2.24) is 14.8 Å². The van der Waals surface area contributed by atoms with E-state index in [0.29, 0.717) is 59.5 Å². The van der Waals surface area contributed by atoms with Gasteiger partial charge in [0.25, 0.3) is 17.7 Å². The topological polar surface area (TPSA) is 144 Å². The van der Waals surface area contributed by atoms with E-state index < -0.39 is 0 Å². The molecule has 0 bridgehead atoms. The molecule has 3 amide bonds. The molecule has 1 aromatic heterocycles. The van der Waals surface area contributed by atoms with Crippen LogP contribution in [-0.2, 0) is 0 Å². The average molecular weight is 733 g/mol. The number of hydrogen-bond donors (Lipinski definition) is 4. The maximum atomic E-state index is 12.6. The van der Waals surface area contributed by atoms with E-state index in [1.165, 1.54) is 6.33 Å². The first-order valence-corrected chi connectivity index (χ1v) is 15.8. The zero-order valence-electron chi connectivity index (χ0n) is 25.2. The van der Waals surface area contributed by atoms with Crippen LogP contribution in [0.2, 0.25) is 20.1 Å². The Labute approximate surface area is 300 Å². The summed E-state index contributed by atoms with van der Waals surface area (Å²) in [4.78, 5) is 40.9. The van der Waals surface area contributed by atoms with Crippen LogP contribution in [0.1, 0.15) is 31.1 Å². The van der Waals surface area contributed by atoms with Gasteiger partial charge in [-0.25, -0.2) is 9.67 Å². The highest BCUT2D eigenvalue weighted by Gasteiger charge is 2.13. The Morgan fingerprint density at radius 1 is 0.592 bits per heavy atom. The van der Waals surface area contributed by atoms with Gasteiger partial charge >= 0.3 is 0 Å². The fraction of sp³-hybridized carbons (Fsp3) is 0. The van der Waals surface area contributed by atoms with Crippen molar-refractivity contribution >= 4 is 86.9 Å². The fourth-order valence-corrected chi connectivity index (χ4v) is 5.01. The highest BCUT2D eigenvalue weighted by Crippen LogP contribution is 2.27. The van der Waals surface area contributed by atoms with Gasteiger partial charge in [-0.15, -0.1) is 0 Å². The number of hydrogen-bond acceptors (Lipinski definition) is 6. The van der Waals surface area contributed by atoms with Crippen LogP contribution in [0, 0.1) is 0 Å². The fourth-order valence-electron chi connectivity index (χ4n) is 4.30. The van der Waals surface area contributed by atoms with E-state index in [1.54, 1.807) is 120 Å². The van der Waals surface area contributed by atoms with Gasteiger partial charge in [-0.1, -0.05) is 58.5 Å². The summed E-state index contributed by atoms with van der Waals surface area (Å²) in [5.74, 6) is -0.957. The first-order valence-electron chi connectivity index (χ1n) is 14.3. The Hall–Kier alpha value is -5.39. The molecule has 0 aliphatic heterocycles. The molecule has 5 aromatic carbocycles. The van der Waals surface area contributed by atoms with Crippen LogP contribution >= 0.6 is 46.4 Å². The Bertz CT molecular complexity index is 2130. The van der Waals surface area contributed by atoms with Crippen molar-refractivity contribution in [3.8, 4) is 5.69 Å². The minimum absolute atomic E-state index is 0.287. The minimum atomic E-state index is -0.364. The normalized spacial score (nSPS) is 10.4. The van der Waals surface area contributed by atoms with Gasteiger partial charge < -0.3 is 21.7 Å². The molecule has 0 fully saturated rings. The molecule has 0 atom stereocenters. The maximum Gasteiger partial charge on any atom is 0.255 e. The SMILES string of the molecule is Nc1ccc(Cl)c(NC(=O)c2cccc(Cl)c2)c1.O=C(Nc1ccc(Cl)c(NC(=O)c2cccc(Cl)c2)c1)c1ccc(-n2cncn2)cc1. The predicted octanol–water partition coefficient (Wildman–Crippen LogP) is 8.91. The summed E-state index contributed by atoms with van der Waals surface area (Å²) in [7, 11) is 0. The molecular formula is C35H25Cl4N7O3. The average Bonchev–Trinajstić information content (AvgIpc) is 3.64. The number of carbonyl (C=O) groups is 3. The molecule has 6 aromatic rings. The second kappa shape index (κ2) is 16.1. The number of anilines is 4. The molecule has 6 rings (SSSR count). The van der Waals surface area contributed by atoms with E-state index in [2.05, 4.69) is 26.0 Å². The number of aromatic nitrogens is 3. The van der Waals surface area contributed by atoms with Gasteiger partial charge in [0, 0.05) is 38.1 Å². The van der Waals surface area contributed by atoms with Crippen LogP contribution in [0.15, 0.2) is 122 Å². The Morgan fingerprint density at radius 2 is 1.14 bits per heavy atom. The third-order valence-corrected chi connectivity index (χ3v) is 7.83. The summed E-state index contributed by atoms with van der Waals surface area (Å²) in [6.07, 6.45) is 3.01. The first kappa shape index (κ1) is 34.9. The molecule has 0 spiro atoms. The number of benzene rings is 5. The summed E-state index contributed by atoms with van der Waals surface area (Å²) in [5, 5.41) is 14.0. The van der Waals surface area contributed by atoms with Crippen LogP contribution in [0.4, 0.5) is 22.7 Å². The maximum absolute atomic E-state index is 12.6. The standard InChI is InChI=1S/C22H15Cl2N5O2.C13H10Cl2N2O/c23-16-3-1-2-15(10-16)22(31)28-20-11-17(6-9-19(20)24)27-21(30)14-4-7-18(8-5-14)29-13-25-12-26-29;14-9-3-1-2-8(6-9)13(18)17-12-7-10(16)4-5-11(12)15/h1-13H,(H,27,30)(H,28,31);1-7H,16H2,(H,17,18). The van der Waals surface area contributed by atoms with Gasteiger partial charge in [0.15, 0.2) is 0 Å². The lowest BCUT2D eigenvalue weighted by Crippen LogP contribution is -2.14. The monoisotopic (exact) mass is 731 g/mol. The van der Waals surface area contributed by atoms with Gasteiger partial charge in [0.1, 0.15) is 12.7 Å². The third kappa shape index (κ3) is 9.59. The van der Waals surface area contributed by atoms with Crippen molar-refractivity contribution in [1.29, 1.82) is 0 Å². The van der Waals surface area contributed by atoms with E-state index >= 15 is 0 Å². The molecule has 10 nitrogen and oxygen atoms in total. The number of rotatable bonds is 7. The summed E-state index contributed by atoms with van der Waals surface area (Å²) >= 11 is 23.9. The second-order valence-corrected chi connectivity index (χ2v) is 11.9. The van der Waals surface area contributed by atoms with Crippen LogP contribution in [0.3, 0.4) is 0 Å². The van der Waals surface area contributed by atoms with Gasteiger partial charge in [0.2, 0.25) is 0 Å². The van der Waals surface area contributed by atoms with Gasteiger partial charge in [-0.3, -0.25) is 14.4 Å². The lowest BCUT2D eigenvalue weighted by Gasteiger charge is -2.11. The molecule has 246 valence electrons. The van der Waals surface area contributed by atoms with Crippen molar-refractivity contribution in [3.63, 3.8) is 0 Å². The minimum Gasteiger partial charge on any atom is -0.399 e. The Balaban J connectivity index is 0.000000221. The van der Waals surface area contributed by atoms with Crippen molar-refractivity contribution in [2.24, 2.45) is 0 Å². The number of nitrogens with two attached hydrogens (primary N) is 1. The molecule has 49 heavy (non-hydrogen) atoms. The highest BCUT2D eigenvalue weighted by atomic mass is 35.5. The summed E-state index contributed by atoms with van der Waals surface area (Å²) < 4.78 is 1.59. The largest absolute Gasteiger partial charge is 0.399 e. The van der Waals surface area contributed by atoms with E-state index in [0.717, 1.165) is 5.69 Å².